The van der Waals surface area contributed by atoms with Gasteiger partial charge in [0.2, 0.25) is 0 Å². The maximum atomic E-state index is 10.9. The van der Waals surface area contributed by atoms with Crippen LogP contribution in [0.2, 0.25) is 0 Å². The zero-order chi connectivity index (χ0) is 13.7. The molecular weight excluding hydrogens is 234 g/mol. The minimum atomic E-state index is -1.10. The lowest BCUT2D eigenvalue weighted by Gasteiger charge is -2.17. The molecule has 0 aromatic heterocycles. The molecule has 1 rings (SSSR count). The van der Waals surface area contributed by atoms with Gasteiger partial charge in [0, 0.05) is 0 Å². The average molecular weight is 253 g/mol. The summed E-state index contributed by atoms with van der Waals surface area (Å²) in [5.74, 6) is -0.220. The van der Waals surface area contributed by atoms with Crippen LogP contribution in [0, 0.1) is 0 Å². The summed E-state index contributed by atoms with van der Waals surface area (Å²) in [7, 11) is 1.52. The third-order valence-corrected chi connectivity index (χ3v) is 2.70. The first-order valence-corrected chi connectivity index (χ1v) is 5.77. The Morgan fingerprint density at radius 2 is 2.11 bits per heavy atom. The van der Waals surface area contributed by atoms with Crippen LogP contribution in [0.25, 0.3) is 0 Å². The van der Waals surface area contributed by atoms with Gasteiger partial charge in [-0.15, -0.1) is 0 Å². The lowest BCUT2D eigenvalue weighted by atomic mass is 10.0. The highest BCUT2D eigenvalue weighted by Gasteiger charge is 2.18. The van der Waals surface area contributed by atoms with E-state index in [9.17, 15) is 4.79 Å². The van der Waals surface area contributed by atoms with Crippen molar-refractivity contribution in [1.82, 2.24) is 0 Å². The molecular formula is C13H19NO4. The van der Waals surface area contributed by atoms with Crippen LogP contribution in [0.1, 0.15) is 25.3 Å². The van der Waals surface area contributed by atoms with Gasteiger partial charge in [-0.25, -0.2) is 4.79 Å². The highest BCUT2D eigenvalue weighted by Crippen LogP contribution is 2.29. The number of ether oxygens (including phenoxy) is 1. The van der Waals surface area contributed by atoms with E-state index >= 15 is 0 Å². The fourth-order valence-electron chi connectivity index (χ4n) is 1.57. The SMILES string of the molecule is COc1ccc(C(C)C)cc1NC(CO)C(=O)O. The number of methoxy groups -OCH3 is 1. The highest BCUT2D eigenvalue weighted by molar-refractivity contribution is 5.78. The van der Waals surface area contributed by atoms with E-state index in [0.29, 0.717) is 17.4 Å². The van der Waals surface area contributed by atoms with Crippen LogP contribution in [0.5, 0.6) is 5.75 Å². The Kier molecular flexibility index (Phi) is 4.97. The largest absolute Gasteiger partial charge is 0.495 e. The number of aliphatic carboxylic acids is 1. The minimum absolute atomic E-state index is 0.328. The molecule has 0 aliphatic heterocycles. The minimum Gasteiger partial charge on any atom is -0.495 e. The van der Waals surface area contributed by atoms with Gasteiger partial charge in [0.1, 0.15) is 11.8 Å². The number of anilines is 1. The summed E-state index contributed by atoms with van der Waals surface area (Å²) in [6, 6.07) is 4.52. The Labute approximate surface area is 106 Å². The molecule has 1 atom stereocenters. The Balaban J connectivity index is 3.04. The summed E-state index contributed by atoms with van der Waals surface area (Å²) in [6.45, 7) is 3.61. The molecule has 0 heterocycles. The molecule has 100 valence electrons. The Morgan fingerprint density at radius 1 is 1.44 bits per heavy atom. The van der Waals surface area contributed by atoms with Gasteiger partial charge in [0.15, 0.2) is 0 Å². The number of hydrogen-bond acceptors (Lipinski definition) is 4. The van der Waals surface area contributed by atoms with Crippen molar-refractivity contribution in [3.8, 4) is 5.75 Å². The van der Waals surface area contributed by atoms with Crippen LogP contribution in [0.4, 0.5) is 5.69 Å². The zero-order valence-corrected chi connectivity index (χ0v) is 10.8. The summed E-state index contributed by atoms with van der Waals surface area (Å²) < 4.78 is 5.17. The molecule has 3 N–H and O–H groups in total. The van der Waals surface area contributed by atoms with E-state index in [1.807, 2.05) is 26.0 Å². The normalized spacial score (nSPS) is 12.3. The average Bonchev–Trinajstić information content (AvgIpc) is 2.35. The van der Waals surface area contributed by atoms with E-state index in [4.69, 9.17) is 14.9 Å². The summed E-state index contributed by atoms with van der Waals surface area (Å²) in [6.07, 6.45) is 0. The van der Waals surface area contributed by atoms with Crippen molar-refractivity contribution >= 4 is 11.7 Å². The van der Waals surface area contributed by atoms with Crippen molar-refractivity contribution in [2.75, 3.05) is 19.0 Å². The van der Waals surface area contributed by atoms with Crippen LogP contribution in [0.3, 0.4) is 0 Å². The number of carbonyl (C=O) groups is 1. The second-order valence-corrected chi connectivity index (χ2v) is 4.33. The molecule has 0 amide bonds. The second-order valence-electron chi connectivity index (χ2n) is 4.33. The zero-order valence-electron chi connectivity index (χ0n) is 10.8. The number of carboxylic acid groups (broad SMARTS) is 1. The van der Waals surface area contributed by atoms with Crippen molar-refractivity contribution in [2.45, 2.75) is 25.8 Å². The summed E-state index contributed by atoms with van der Waals surface area (Å²) in [4.78, 5) is 10.9. The fraction of sp³-hybridized carbons (Fsp3) is 0.462. The molecule has 0 fully saturated rings. The maximum Gasteiger partial charge on any atom is 0.328 e. The molecule has 1 unspecified atom stereocenters. The van der Waals surface area contributed by atoms with Gasteiger partial charge < -0.3 is 20.3 Å². The first-order valence-electron chi connectivity index (χ1n) is 5.77. The molecule has 0 radical (unpaired) electrons. The van der Waals surface area contributed by atoms with Gasteiger partial charge in [-0.3, -0.25) is 0 Å². The summed E-state index contributed by atoms with van der Waals surface area (Å²) >= 11 is 0. The van der Waals surface area contributed by atoms with E-state index in [-0.39, 0.29) is 0 Å². The Bertz CT molecular complexity index is 417. The van der Waals surface area contributed by atoms with Gasteiger partial charge in [-0.1, -0.05) is 19.9 Å². The van der Waals surface area contributed by atoms with E-state index < -0.39 is 18.6 Å². The molecule has 0 saturated heterocycles. The van der Waals surface area contributed by atoms with Gasteiger partial charge in [0.25, 0.3) is 0 Å². The first kappa shape index (κ1) is 14.3. The summed E-state index contributed by atoms with van der Waals surface area (Å²) in [5.41, 5.74) is 1.64. The lowest BCUT2D eigenvalue weighted by molar-refractivity contribution is -0.138. The lowest BCUT2D eigenvalue weighted by Crippen LogP contribution is -2.32. The Morgan fingerprint density at radius 3 is 2.56 bits per heavy atom. The molecule has 0 saturated carbocycles. The molecule has 1 aromatic rings. The van der Waals surface area contributed by atoms with E-state index in [1.54, 1.807) is 6.07 Å². The second kappa shape index (κ2) is 6.26. The van der Waals surface area contributed by atoms with Crippen molar-refractivity contribution < 1.29 is 19.7 Å². The molecule has 5 nitrogen and oxygen atoms in total. The van der Waals surface area contributed by atoms with Crippen LogP contribution >= 0.6 is 0 Å². The van der Waals surface area contributed by atoms with Gasteiger partial charge in [-0.05, 0) is 23.6 Å². The number of aliphatic hydroxyl groups is 1. The first-order chi connectivity index (χ1) is 8.49. The van der Waals surface area contributed by atoms with Crippen LogP contribution in [0.15, 0.2) is 18.2 Å². The topological polar surface area (TPSA) is 78.8 Å². The molecule has 5 heteroatoms. The monoisotopic (exact) mass is 253 g/mol. The van der Waals surface area contributed by atoms with Crippen LogP contribution in [-0.4, -0.2) is 35.9 Å². The standard InChI is InChI=1S/C13H19NO4/c1-8(2)9-4-5-12(18-3)10(6-9)14-11(7-15)13(16)17/h4-6,8,11,14-15H,7H2,1-3H3,(H,16,17). The molecule has 1 aromatic carbocycles. The van der Waals surface area contributed by atoms with Gasteiger partial charge in [-0.2, -0.15) is 0 Å². The number of carboxylic acids is 1. The van der Waals surface area contributed by atoms with Crippen molar-refractivity contribution in [2.24, 2.45) is 0 Å². The van der Waals surface area contributed by atoms with Crippen molar-refractivity contribution in [1.29, 1.82) is 0 Å². The fourth-order valence-corrected chi connectivity index (χ4v) is 1.57. The van der Waals surface area contributed by atoms with Crippen molar-refractivity contribution in [3.05, 3.63) is 23.8 Å². The summed E-state index contributed by atoms with van der Waals surface area (Å²) in [5, 5.41) is 20.7. The number of aliphatic hydroxyl groups excluding tert-OH is 1. The predicted octanol–water partition coefficient (Wildman–Crippen LogP) is 1.68. The molecule has 0 spiro atoms. The Hall–Kier alpha value is -1.75. The number of rotatable bonds is 6. The van der Waals surface area contributed by atoms with E-state index in [1.165, 1.54) is 7.11 Å². The van der Waals surface area contributed by atoms with E-state index in [2.05, 4.69) is 5.32 Å². The van der Waals surface area contributed by atoms with Crippen LogP contribution in [-0.2, 0) is 4.79 Å². The smallest absolute Gasteiger partial charge is 0.328 e. The van der Waals surface area contributed by atoms with E-state index in [0.717, 1.165) is 5.56 Å². The molecule has 0 aliphatic rings. The quantitative estimate of drug-likeness (QED) is 0.718. The number of hydrogen-bond donors (Lipinski definition) is 3. The number of nitrogens with one attached hydrogen (secondary N) is 1. The molecule has 0 aliphatic carbocycles. The molecule has 0 bridgehead atoms. The highest BCUT2D eigenvalue weighted by atomic mass is 16.5. The van der Waals surface area contributed by atoms with Crippen LogP contribution < -0.4 is 10.1 Å². The van der Waals surface area contributed by atoms with Gasteiger partial charge >= 0.3 is 5.97 Å². The number of benzene rings is 1. The maximum absolute atomic E-state index is 10.9. The predicted molar refractivity (Wildman–Crippen MR) is 69.2 cm³/mol. The molecule has 18 heavy (non-hydrogen) atoms. The van der Waals surface area contributed by atoms with Crippen molar-refractivity contribution in [3.63, 3.8) is 0 Å². The third kappa shape index (κ3) is 3.37. The third-order valence-electron chi connectivity index (χ3n) is 2.70. The van der Waals surface area contributed by atoms with Gasteiger partial charge in [0.05, 0.1) is 19.4 Å².